The fraction of sp³-hybridized carbons (Fsp3) is 0.287. The second-order valence-electron chi connectivity index (χ2n) is 28.4. The molecule has 5 atom stereocenters. The summed E-state index contributed by atoms with van der Waals surface area (Å²) in [5, 5.41) is 56.0. The van der Waals surface area contributed by atoms with Crippen molar-refractivity contribution in [2.24, 2.45) is 5.73 Å². The van der Waals surface area contributed by atoms with E-state index >= 15 is 0 Å². The Hall–Kier alpha value is -12.0. The van der Waals surface area contributed by atoms with E-state index in [1.54, 1.807) is 95.3 Å². The Labute approximate surface area is 829 Å². The van der Waals surface area contributed by atoms with Crippen LogP contribution in [0.1, 0.15) is 166 Å². The first-order valence-electron chi connectivity index (χ1n) is 42.2. The van der Waals surface area contributed by atoms with Gasteiger partial charge in [0.25, 0.3) is 23.6 Å². The van der Waals surface area contributed by atoms with E-state index in [2.05, 4.69) is 26.0 Å². The van der Waals surface area contributed by atoms with Crippen LogP contribution in [0.3, 0.4) is 0 Å². The van der Waals surface area contributed by atoms with E-state index in [4.69, 9.17) is 46.5 Å². The molecule has 0 bridgehead atoms. The summed E-state index contributed by atoms with van der Waals surface area (Å²) in [6.45, 7) is 13.7. The summed E-state index contributed by atoms with van der Waals surface area (Å²) in [6, 6.07) is 82.8. The number of halogens is 1. The van der Waals surface area contributed by atoms with Gasteiger partial charge in [-0.1, -0.05) is 212 Å². The number of esters is 4. The molecule has 28 nitrogen and oxygen atoms in total. The second-order valence-corrected chi connectivity index (χ2v) is 28.7. The molecule has 10 aromatic rings. The van der Waals surface area contributed by atoms with E-state index in [1.165, 1.54) is 0 Å². The number of ether oxygens (including phenoxy) is 5. The minimum atomic E-state index is -1.19. The Bertz CT molecular complexity index is 5040. The number of hydrogen-bond donors (Lipinski definition) is 10. The maximum Gasteiger partial charge on any atom is 1.00 e. The van der Waals surface area contributed by atoms with Gasteiger partial charge in [0.15, 0.2) is 0 Å². The zero-order valence-electron chi connectivity index (χ0n) is 77.5. The molecule has 133 heavy (non-hydrogen) atoms. The minimum Gasteiger partial charge on any atom is -1.00 e. The van der Waals surface area contributed by atoms with Crippen molar-refractivity contribution in [1.29, 1.82) is 0 Å². The third-order valence-corrected chi connectivity index (χ3v) is 18.6. The number of carbonyl (C=O) groups excluding carboxylic acids is 9. The summed E-state index contributed by atoms with van der Waals surface area (Å²) in [5.74, 6) is -5.47. The van der Waals surface area contributed by atoms with E-state index in [1.807, 2.05) is 226 Å². The molecule has 0 aliphatic carbocycles. The topological polar surface area (TPSA) is 456 Å². The molecule has 32 heteroatoms. The number of amides is 4. The molecule has 10 rings (SSSR count). The zero-order valence-corrected chi connectivity index (χ0v) is 81.3. The molecule has 0 saturated heterocycles. The summed E-state index contributed by atoms with van der Waals surface area (Å²) < 4.78 is 23.4. The smallest absolute Gasteiger partial charge is 1.00 e. The van der Waals surface area contributed by atoms with Crippen molar-refractivity contribution in [2.75, 3.05) is 46.2 Å². The third-order valence-electron chi connectivity index (χ3n) is 18.5. The Morgan fingerprint density at radius 3 is 0.789 bits per heavy atom. The molecule has 697 valence electrons. The Morgan fingerprint density at radius 1 is 0.323 bits per heavy atom. The van der Waals surface area contributed by atoms with Gasteiger partial charge in [-0.25, -0.2) is 14.4 Å². The largest absolute Gasteiger partial charge is 1.00 e. The third kappa shape index (κ3) is 50.5. The van der Waals surface area contributed by atoms with Crippen LogP contribution in [0.4, 0.5) is 4.79 Å². The molecule has 0 aliphatic heterocycles. The Balaban J connectivity index is 0. The van der Waals surface area contributed by atoms with Crippen LogP contribution in [0.5, 0.6) is 0 Å². The number of carbonyl (C=O) groups is 12. The molecule has 0 saturated carbocycles. The van der Waals surface area contributed by atoms with Crippen molar-refractivity contribution in [2.45, 2.75) is 143 Å². The van der Waals surface area contributed by atoms with Gasteiger partial charge in [0.1, 0.15) is 6.04 Å². The number of rotatable bonds is 37. The van der Waals surface area contributed by atoms with Crippen molar-refractivity contribution >= 4 is 90.9 Å². The van der Waals surface area contributed by atoms with Crippen molar-refractivity contribution in [3.05, 3.63) is 301 Å². The van der Waals surface area contributed by atoms with Gasteiger partial charge in [-0.2, -0.15) is 0 Å². The van der Waals surface area contributed by atoms with Gasteiger partial charge in [-0.3, -0.25) is 43.2 Å². The molecule has 3 radical (unpaired) electrons. The average Bonchev–Trinajstić information content (AvgIpc) is 0.829. The van der Waals surface area contributed by atoms with E-state index in [-0.39, 0.29) is 174 Å². The van der Waals surface area contributed by atoms with Gasteiger partial charge in [-0.15, -0.1) is 0 Å². The summed E-state index contributed by atoms with van der Waals surface area (Å²) in [7, 11) is 0. The first-order valence-corrected chi connectivity index (χ1v) is 42.5. The minimum absolute atomic E-state index is 0. The first kappa shape index (κ1) is 121. The standard InChI is InChI=1S/C20H21NO5.C20H23NO4.C20H23NO3.C18H19NO4.C13H10O2.C7H15NO2.C3H5ClO2.B.2Na.H2O.H/c1-2-26-18(22)13-12-17(20(24)25)21-19(23)16-10-8-15(9-11-16)14-6-4-3-5-7-14;1-2-25-19(23)13-12-18(14-22)21-20(24)17-10-8-16(9-11-17)15-6-4-3-5-7-15;1-3-24-19(22)14-9-15(2)21-20(23)18-12-10-17(11-13-18)16-7-5-4-6-8-16;20-12-16(10-11-17(21)22)19-18(23)15-8-6-14(7-9-15)13-4-2-1-3-5-13;14-13(15)12-8-6-11(7-9-12)10-4-2-1-3-5-10;1-3-10-7(9)5-4-6(2)8;1-2-6-3(4)5;;;;;/h3-11,17H,2,12-13H2,1H3,(H,21,23)(H,24,25);3-11,18,22H,2,12-14H2,1H3,(H,21,24);4-8,10-13,15H,3,9,14H2,1-2H3,(H,21,23);1-9,16,20H,10-12H2,(H,19,23)(H,21,22);1-9H,(H,14,15);6H,3-5,8H2,1-2H3;2H2,1H3;;;;1H2;/q;;;;;;;;2*+1;;-1/p-1/t17-;18-;15-;16-;;6-;;;;;;/m0010.1....../s1. The number of hydrogen-bond acceptors (Lipinski definition) is 21. The van der Waals surface area contributed by atoms with E-state index in [0.29, 0.717) is 86.3 Å². The van der Waals surface area contributed by atoms with Crippen LogP contribution in [0.2, 0.25) is 0 Å². The molecule has 0 aromatic heterocycles. The molecule has 0 heterocycles. The summed E-state index contributed by atoms with van der Waals surface area (Å²) >= 11 is 4.72. The number of nitrogens with one attached hydrogen (secondary N) is 4. The van der Waals surface area contributed by atoms with Crippen LogP contribution in [-0.4, -0.2) is 187 Å². The number of carboxylic acids is 3. The number of benzene rings is 10. The number of aliphatic hydroxyl groups is 2. The van der Waals surface area contributed by atoms with Gasteiger partial charge in [0.2, 0.25) is 0 Å². The molecule has 10 aromatic carbocycles. The van der Waals surface area contributed by atoms with Crippen LogP contribution in [0.15, 0.2) is 273 Å². The fourth-order valence-electron chi connectivity index (χ4n) is 11.6. The van der Waals surface area contributed by atoms with Crippen molar-refractivity contribution < 1.29 is 173 Å². The number of aliphatic carboxylic acids is 2. The van der Waals surface area contributed by atoms with Gasteiger partial charge in [-0.05, 0) is 197 Å². The van der Waals surface area contributed by atoms with Crippen LogP contribution in [0, 0.1) is 0 Å². The predicted molar refractivity (Wildman–Crippen MR) is 505 cm³/mol. The first-order chi connectivity index (χ1) is 62.0. The monoisotopic (exact) mass is 1860 g/mol. The quantitative estimate of drug-likeness (QED) is 0.00748. The predicted octanol–water partition coefficient (Wildman–Crippen LogP) is 10.5. The molecule has 0 aliphatic rings. The number of aliphatic hydroxyl groups excluding tert-OH is 2. The van der Waals surface area contributed by atoms with Crippen molar-refractivity contribution in [3.8, 4) is 55.6 Å². The number of nitrogens with two attached hydrogens (primary N) is 1. The maximum absolute atomic E-state index is 12.3. The van der Waals surface area contributed by atoms with Gasteiger partial charge < -0.3 is 83.1 Å². The molecular formula is C101H118BClN5Na2O23. The van der Waals surface area contributed by atoms with Crippen LogP contribution in [-0.2, 0) is 52.5 Å². The fourth-order valence-corrected chi connectivity index (χ4v) is 11.7. The van der Waals surface area contributed by atoms with Crippen LogP contribution < -0.4 is 86.1 Å². The van der Waals surface area contributed by atoms with Gasteiger partial charge in [0, 0.05) is 86.5 Å². The van der Waals surface area contributed by atoms with Gasteiger partial charge in [0.05, 0.1) is 63.9 Å². The molecular weight excluding hydrogens is 1740 g/mol. The number of aromatic carboxylic acids is 1. The summed E-state index contributed by atoms with van der Waals surface area (Å²) in [6.07, 6.45) is 2.51. The summed E-state index contributed by atoms with van der Waals surface area (Å²) in [4.78, 5) is 136. The average molecular weight is 1860 g/mol. The second kappa shape index (κ2) is 70.8. The van der Waals surface area contributed by atoms with Gasteiger partial charge >= 0.3 is 106 Å². The van der Waals surface area contributed by atoms with E-state index < -0.39 is 53.3 Å². The van der Waals surface area contributed by atoms with Crippen LogP contribution in [0.25, 0.3) is 55.6 Å². The summed E-state index contributed by atoms with van der Waals surface area (Å²) in [5.41, 5.74) is 17.4. The van der Waals surface area contributed by atoms with Crippen LogP contribution >= 0.6 is 11.6 Å². The van der Waals surface area contributed by atoms with Crippen molar-refractivity contribution in [3.63, 3.8) is 0 Å². The van der Waals surface area contributed by atoms with E-state index in [0.717, 1.165) is 55.6 Å². The Morgan fingerprint density at radius 2 is 0.556 bits per heavy atom. The molecule has 0 unspecified atom stereocenters. The Kier molecular flexibility index (Phi) is 64.4. The molecule has 12 N–H and O–H groups in total. The molecule has 0 spiro atoms. The zero-order chi connectivity index (χ0) is 94.7. The SMILES string of the molecule is CCOC(=O)CC[C@@H](C)N.CCOC(=O)CC[C@@H](C)NC(=O)c1ccc(-c2ccccc2)cc1.CCOC(=O)CC[C@@H](CO)NC(=O)c1ccc(-c2ccccc2)cc1.CCOC(=O)CC[C@H](NC(=O)c1ccc(-c2ccccc2)cc1)C(=O)O.CCOC(=O)Cl.O=C(O)CC[C@@H](CO)NC(=O)c1ccc(-c2ccccc2)cc1.O=C(O)c1ccc(-c2ccccc2)cc1.[B].[H-].[Na+].[Na+].[OH-]. The molecule has 4 amide bonds. The van der Waals surface area contributed by atoms with Crippen molar-refractivity contribution in [1.82, 2.24) is 21.3 Å². The molecule has 0 fully saturated rings. The normalized spacial score (nSPS) is 10.9. The number of carboxylic acid groups (broad SMARTS) is 3. The maximum atomic E-state index is 12.3. The van der Waals surface area contributed by atoms with E-state index in [9.17, 15) is 72.9 Å².